The first kappa shape index (κ1) is 18.3. The molecule has 0 aromatic heterocycles. The fourth-order valence-electron chi connectivity index (χ4n) is 0. The van der Waals surface area contributed by atoms with Gasteiger partial charge in [-0.25, -0.2) is 0 Å². The molecule has 40 valence electrons. The Morgan fingerprint density at radius 3 is 1.33 bits per heavy atom. The van der Waals surface area contributed by atoms with Crippen molar-refractivity contribution in [3.63, 3.8) is 0 Å². The van der Waals surface area contributed by atoms with Gasteiger partial charge in [-0.1, -0.05) is 0 Å². The van der Waals surface area contributed by atoms with Gasteiger partial charge in [0.25, 0.3) is 0 Å². The molecule has 0 aromatic carbocycles. The van der Waals surface area contributed by atoms with Crippen LogP contribution in [0.25, 0.3) is 0 Å². The molecule has 0 aliphatic carbocycles. The molecule has 0 atom stereocenters. The Morgan fingerprint density at radius 1 is 1.33 bits per heavy atom. The molecule has 5 heteroatoms. The lowest BCUT2D eigenvalue weighted by Gasteiger charge is -1.32. The summed E-state index contributed by atoms with van der Waals surface area (Å²) >= 11 is 0. The van der Waals surface area contributed by atoms with Crippen molar-refractivity contribution in [3.8, 4) is 0 Å². The number of hydrogen-bond donors (Lipinski definition) is 3. The van der Waals surface area contributed by atoms with E-state index in [2.05, 4.69) is 17.4 Å². The maximum Gasteiger partial charge on any atom is 0.204 e. The molecule has 0 saturated heterocycles. The summed E-state index contributed by atoms with van der Waals surface area (Å²) in [6.07, 6.45) is 0.250. The second-order valence-electron chi connectivity index (χ2n) is 0.136. The van der Waals surface area contributed by atoms with E-state index in [4.69, 9.17) is 4.79 Å². The fraction of sp³-hybridized carbons (Fsp3) is 0. The summed E-state index contributed by atoms with van der Waals surface area (Å²) < 4.78 is 0. The van der Waals surface area contributed by atoms with Crippen LogP contribution in [0.15, 0.2) is 0 Å². The average molecular weight is 95.1 g/mol. The number of amides is 1. The fourth-order valence-corrected chi connectivity index (χ4v) is 0. The van der Waals surface area contributed by atoms with E-state index in [1.54, 1.807) is 0 Å². The molecule has 1 amide bonds. The van der Waals surface area contributed by atoms with Crippen LogP contribution in [0.4, 0.5) is 0 Å². The molecular weight excluding hydrogens is 86.0 g/mol. The molecule has 0 aliphatic heterocycles. The third-order valence-electron chi connectivity index (χ3n) is 0. The first-order chi connectivity index (χ1) is 2.41. The number of primary amides is 1. The normalized spacial score (nSPS) is 3.00. The lowest BCUT2D eigenvalue weighted by molar-refractivity contribution is -0.106. The van der Waals surface area contributed by atoms with E-state index >= 15 is 0 Å². The van der Waals surface area contributed by atoms with Crippen molar-refractivity contribution in [1.82, 2.24) is 0 Å². The summed E-state index contributed by atoms with van der Waals surface area (Å²) in [5.74, 6) is 8.00. The number of hydrazine groups is 1. The van der Waals surface area contributed by atoms with Crippen molar-refractivity contribution >= 4 is 6.41 Å². The van der Waals surface area contributed by atoms with Gasteiger partial charge in [0.1, 0.15) is 0 Å². The topological polar surface area (TPSA) is 127 Å². The summed E-state index contributed by atoms with van der Waals surface area (Å²) in [6.45, 7) is 0. The molecule has 0 heterocycles. The molecule has 0 unspecified atom stereocenters. The standard InChI is InChI=1S/CH3NO.H4N2.H2O/c2-1-3;1-2;/h1H,(H2,2,3);1-2H2;1H2. The van der Waals surface area contributed by atoms with Crippen molar-refractivity contribution < 1.29 is 10.3 Å². The molecule has 0 aliphatic rings. The van der Waals surface area contributed by atoms with Gasteiger partial charge >= 0.3 is 0 Å². The average Bonchev–Trinajstić information content (AvgIpc) is 1.46. The maximum atomic E-state index is 8.58. The summed E-state index contributed by atoms with van der Waals surface area (Å²) in [5, 5.41) is 0. The third kappa shape index (κ3) is 43.8. The third-order valence-corrected chi connectivity index (χ3v) is 0. The van der Waals surface area contributed by atoms with Gasteiger partial charge in [-0.2, -0.15) is 0 Å². The van der Waals surface area contributed by atoms with Crippen LogP contribution in [-0.2, 0) is 4.79 Å². The smallest absolute Gasteiger partial charge is 0.204 e. The zero-order chi connectivity index (χ0) is 4.71. The van der Waals surface area contributed by atoms with E-state index < -0.39 is 0 Å². The highest BCUT2D eigenvalue weighted by Crippen LogP contribution is 0.798. The van der Waals surface area contributed by atoms with Gasteiger partial charge in [0.05, 0.1) is 0 Å². The minimum absolute atomic E-state index is 0. The molecule has 0 aromatic rings. The largest absolute Gasteiger partial charge is 0.412 e. The first-order valence-corrected chi connectivity index (χ1v) is 0.902. The minimum Gasteiger partial charge on any atom is -0.412 e. The molecule has 8 N–H and O–H groups in total. The van der Waals surface area contributed by atoms with Crippen molar-refractivity contribution in [2.24, 2.45) is 17.4 Å². The van der Waals surface area contributed by atoms with E-state index in [0.29, 0.717) is 0 Å². The van der Waals surface area contributed by atoms with E-state index in [1.165, 1.54) is 0 Å². The van der Waals surface area contributed by atoms with Crippen molar-refractivity contribution in [2.45, 2.75) is 0 Å². The highest BCUT2D eigenvalue weighted by molar-refractivity contribution is 5.42. The van der Waals surface area contributed by atoms with E-state index in [-0.39, 0.29) is 11.9 Å². The summed E-state index contributed by atoms with van der Waals surface area (Å²) in [7, 11) is 0. The first-order valence-electron chi connectivity index (χ1n) is 0.902. The Labute approximate surface area is 35.4 Å². The number of rotatable bonds is 0. The molecule has 0 radical (unpaired) electrons. The van der Waals surface area contributed by atoms with E-state index in [1.807, 2.05) is 0 Å². The SMILES string of the molecule is NC=O.NN.O. The molecule has 0 spiro atoms. The number of hydrogen-bond acceptors (Lipinski definition) is 3. The monoisotopic (exact) mass is 95.1 g/mol. The van der Waals surface area contributed by atoms with Crippen LogP contribution >= 0.6 is 0 Å². The van der Waals surface area contributed by atoms with Crippen LogP contribution in [0, 0.1) is 0 Å². The molecule has 6 heavy (non-hydrogen) atoms. The van der Waals surface area contributed by atoms with Crippen LogP contribution in [0.1, 0.15) is 0 Å². The Hall–Kier alpha value is -0.650. The highest BCUT2D eigenvalue weighted by Gasteiger charge is 1.19. The van der Waals surface area contributed by atoms with Crippen molar-refractivity contribution in [1.29, 1.82) is 0 Å². The van der Waals surface area contributed by atoms with Gasteiger partial charge < -0.3 is 11.2 Å². The highest BCUT2D eigenvalue weighted by atomic mass is 16.1. The molecule has 5 nitrogen and oxygen atoms in total. The molecule has 0 bridgehead atoms. The number of carbonyl (C=O) groups excluding carboxylic acids is 1. The van der Waals surface area contributed by atoms with E-state index in [0.717, 1.165) is 0 Å². The maximum absolute atomic E-state index is 8.58. The van der Waals surface area contributed by atoms with Crippen LogP contribution in [0.5, 0.6) is 0 Å². The van der Waals surface area contributed by atoms with Crippen molar-refractivity contribution in [3.05, 3.63) is 0 Å². The number of carbonyl (C=O) groups is 1. The summed E-state index contributed by atoms with van der Waals surface area (Å²) in [5.41, 5.74) is 4.17. The van der Waals surface area contributed by atoms with Crippen LogP contribution in [0.2, 0.25) is 0 Å². The minimum atomic E-state index is 0. The second-order valence-corrected chi connectivity index (χ2v) is 0.136. The summed E-state index contributed by atoms with van der Waals surface area (Å²) in [6, 6.07) is 0. The second kappa shape index (κ2) is 399. The van der Waals surface area contributed by atoms with Gasteiger partial charge in [-0.3, -0.25) is 16.5 Å². The van der Waals surface area contributed by atoms with Gasteiger partial charge in [-0.05, 0) is 0 Å². The van der Waals surface area contributed by atoms with E-state index in [9.17, 15) is 0 Å². The quantitative estimate of drug-likeness (QED) is 0.169. The Kier molecular flexibility index (Phi) is 1220. The predicted octanol–water partition coefficient (Wildman–Crippen LogP) is -2.90. The molecule has 0 rings (SSSR count). The van der Waals surface area contributed by atoms with Gasteiger partial charge in [0, 0.05) is 0 Å². The lowest BCUT2D eigenvalue weighted by atomic mass is 11.5. The molecule has 0 saturated carbocycles. The van der Waals surface area contributed by atoms with Gasteiger partial charge in [-0.15, -0.1) is 0 Å². The Bertz CT molecular complexity index is 16.3. The van der Waals surface area contributed by atoms with Crippen LogP contribution < -0.4 is 17.4 Å². The van der Waals surface area contributed by atoms with Crippen molar-refractivity contribution in [2.75, 3.05) is 0 Å². The molecule has 0 fully saturated rings. The zero-order valence-electron chi connectivity index (χ0n) is 3.22. The molecular formula is CH9N3O2. The number of nitrogens with two attached hydrogens (primary N) is 3. The van der Waals surface area contributed by atoms with Gasteiger partial charge in [0.2, 0.25) is 6.41 Å². The summed E-state index contributed by atoms with van der Waals surface area (Å²) in [4.78, 5) is 8.58. The van der Waals surface area contributed by atoms with Crippen LogP contribution in [-0.4, -0.2) is 11.9 Å². The predicted molar refractivity (Wildman–Crippen MR) is 22.2 cm³/mol. The van der Waals surface area contributed by atoms with Gasteiger partial charge in [0.15, 0.2) is 0 Å². The Morgan fingerprint density at radius 2 is 1.33 bits per heavy atom. The lowest BCUT2D eigenvalue weighted by Crippen LogP contribution is -2.02. The zero-order valence-corrected chi connectivity index (χ0v) is 3.22. The van der Waals surface area contributed by atoms with Crippen LogP contribution in [0.3, 0.4) is 0 Å². The Balaban J connectivity index is -0.0000000275.